The summed E-state index contributed by atoms with van der Waals surface area (Å²) in [7, 11) is 12.1. The Bertz CT molecular complexity index is 6020. The zero-order valence-corrected chi connectivity index (χ0v) is 80.2. The summed E-state index contributed by atoms with van der Waals surface area (Å²) in [5, 5.41) is 95.3. The highest BCUT2D eigenvalue weighted by molar-refractivity contribution is 6.15. The first kappa shape index (κ1) is 110. The third-order valence-corrected chi connectivity index (χ3v) is 21.0. The van der Waals surface area contributed by atoms with E-state index in [4.69, 9.17) is 48.1 Å². The molecule has 0 spiro atoms. The molecule has 0 aliphatic carbocycles. The second kappa shape index (κ2) is 56.3. The van der Waals surface area contributed by atoms with Crippen molar-refractivity contribution in [3.05, 3.63) is 507 Å². The lowest BCUT2D eigenvalue weighted by atomic mass is 10.0. The largest absolute Gasteiger partial charge is 0.507 e. The van der Waals surface area contributed by atoms with Gasteiger partial charge < -0.3 is 89.0 Å². The normalized spacial score (nSPS) is 9.89. The summed E-state index contributed by atoms with van der Waals surface area (Å²) in [4.78, 5) is 107. The smallest absolute Gasteiger partial charge is 0.339 e. The highest BCUT2D eigenvalue weighted by atomic mass is 16.5. The summed E-state index contributed by atoms with van der Waals surface area (Å²) in [5.74, 6) is 0.659. The van der Waals surface area contributed by atoms with Gasteiger partial charge in [0.15, 0.2) is 46.3 Å². The van der Waals surface area contributed by atoms with Gasteiger partial charge in [-0.2, -0.15) is 0 Å². The summed E-state index contributed by atoms with van der Waals surface area (Å²) in [6.45, 7) is 0. The average Bonchev–Trinajstić information content (AvgIpc) is 0.860. The molecule has 0 heterocycles. The third kappa shape index (κ3) is 31.9. The van der Waals surface area contributed by atoms with Crippen molar-refractivity contribution in [2.45, 2.75) is 0 Å². The number of carbonyl (C=O) groups is 9. The molecule has 0 amide bonds. The van der Waals surface area contributed by atoms with Gasteiger partial charge in [-0.05, 0) is 109 Å². The van der Waals surface area contributed by atoms with E-state index in [-0.39, 0.29) is 148 Å². The van der Waals surface area contributed by atoms with Crippen LogP contribution in [0.3, 0.4) is 0 Å². The Hall–Kier alpha value is -19.8. The number of aromatic hydroxyl groups is 9. The van der Waals surface area contributed by atoms with Crippen LogP contribution in [0, 0.1) is 0 Å². The number of carboxylic acids is 1. The molecule has 17 aromatic carbocycles. The number of phenols is 9. The zero-order valence-electron chi connectivity index (χ0n) is 80.2. The van der Waals surface area contributed by atoms with Crippen LogP contribution in [0.4, 0.5) is 0 Å². The third-order valence-electron chi connectivity index (χ3n) is 21.0. The highest BCUT2D eigenvalue weighted by Gasteiger charge is 2.22. The molecular weight excluding hydrogens is 1860 g/mol. The number of phenolic OH excluding ortho intramolecular Hbond substituents is 8. The van der Waals surface area contributed by atoms with Crippen LogP contribution >= 0.6 is 0 Å². The number of ether oxygens (including phenoxy) is 8. The average molecular weight is 1960 g/mol. The fourth-order valence-electron chi connectivity index (χ4n) is 13.3. The van der Waals surface area contributed by atoms with E-state index in [9.17, 15) is 84.0 Å². The van der Waals surface area contributed by atoms with Crippen molar-refractivity contribution in [2.24, 2.45) is 0 Å². The van der Waals surface area contributed by atoms with E-state index in [0.29, 0.717) is 90.5 Å². The lowest BCUT2D eigenvalue weighted by molar-refractivity contribution is 0.0691. The van der Waals surface area contributed by atoms with Gasteiger partial charge >= 0.3 is 5.97 Å². The molecule has 0 saturated heterocycles. The summed E-state index contributed by atoms with van der Waals surface area (Å²) in [5.41, 5.74) is 6.53. The number of para-hydroxylation sites is 1. The number of ketones is 8. The second-order valence-corrected chi connectivity index (χ2v) is 30.4. The predicted octanol–water partition coefficient (Wildman–Crippen LogP) is 22.1. The summed E-state index contributed by atoms with van der Waals surface area (Å²) in [6.07, 6.45) is 0. The molecule has 0 atom stereocenters. The quantitative estimate of drug-likeness (QED) is 0.0238. The Kier molecular flexibility index (Phi) is 42.3. The van der Waals surface area contributed by atoms with Gasteiger partial charge in [0.1, 0.15) is 103 Å². The molecule has 10 N–H and O–H groups in total. The molecule has 740 valence electrons. The van der Waals surface area contributed by atoms with Crippen LogP contribution in [-0.2, 0) is 0 Å². The maximum Gasteiger partial charge on any atom is 0.339 e. The number of hydrogen-bond donors (Lipinski definition) is 10. The molecule has 27 heteroatoms. The van der Waals surface area contributed by atoms with Gasteiger partial charge in [-0.15, -0.1) is 0 Å². The number of hydrogen-bond acceptors (Lipinski definition) is 26. The van der Waals surface area contributed by atoms with E-state index in [0.717, 1.165) is 0 Å². The van der Waals surface area contributed by atoms with Gasteiger partial charge in [0.2, 0.25) is 0 Å². The second-order valence-electron chi connectivity index (χ2n) is 30.4. The molecule has 0 aromatic heterocycles. The first-order chi connectivity index (χ1) is 70.5. The molecule has 0 aliphatic rings. The van der Waals surface area contributed by atoms with E-state index in [2.05, 4.69) is 0 Å². The monoisotopic (exact) mass is 1960 g/mol. The number of methoxy groups -OCH3 is 8. The minimum Gasteiger partial charge on any atom is -0.507 e. The molecule has 0 saturated carbocycles. The lowest BCUT2D eigenvalue weighted by Gasteiger charge is -2.06. The standard InChI is InChI=1S/8C14H12O3.C7H6O3/c8*1-17-11-7-8-12(13(15)9-11)14(16)10-5-3-2-4-6-10;8-6-4-2-1-3-5(6)7(9)10/h8*2-9,15H,1H3;1-4,8H,(H,9,10). The first-order valence-corrected chi connectivity index (χ1v) is 44.2. The highest BCUT2D eigenvalue weighted by Crippen LogP contribution is 2.34. The molecule has 0 aliphatic heterocycles. The molecule has 146 heavy (non-hydrogen) atoms. The zero-order chi connectivity index (χ0) is 106. The molecule has 0 radical (unpaired) electrons. The lowest BCUT2D eigenvalue weighted by Crippen LogP contribution is -2.01. The van der Waals surface area contributed by atoms with E-state index in [1.807, 2.05) is 48.5 Å². The minimum absolute atomic E-state index is 0.0671. The summed E-state index contributed by atoms with van der Waals surface area (Å²) < 4.78 is 39.7. The van der Waals surface area contributed by atoms with Crippen molar-refractivity contribution in [2.75, 3.05) is 56.9 Å². The van der Waals surface area contributed by atoms with Gasteiger partial charge in [-0.3, -0.25) is 38.4 Å². The topological polar surface area (TPSA) is 430 Å². The SMILES string of the molecule is COc1ccc(C(=O)c2ccccc2)c(O)c1.COc1ccc(C(=O)c2ccccc2)c(O)c1.COc1ccc(C(=O)c2ccccc2)c(O)c1.COc1ccc(C(=O)c2ccccc2)c(O)c1.COc1ccc(C(=O)c2ccccc2)c(O)c1.COc1ccc(C(=O)c2ccccc2)c(O)c1.COc1ccc(C(=O)c2ccccc2)c(O)c1.COc1ccc(C(=O)c2ccccc2)c(O)c1.O=C(O)c1ccccc1O. The van der Waals surface area contributed by atoms with Crippen molar-refractivity contribution in [1.29, 1.82) is 0 Å². The Balaban J connectivity index is 0.000000183. The maximum absolute atomic E-state index is 12.1. The van der Waals surface area contributed by atoms with Crippen LogP contribution in [0.15, 0.2) is 413 Å². The van der Waals surface area contributed by atoms with E-state index >= 15 is 0 Å². The Morgan fingerprint density at radius 1 is 0.144 bits per heavy atom. The predicted molar refractivity (Wildman–Crippen MR) is 551 cm³/mol. The summed E-state index contributed by atoms with van der Waals surface area (Å²) >= 11 is 0. The van der Waals surface area contributed by atoms with Crippen LogP contribution < -0.4 is 37.9 Å². The minimum atomic E-state index is -1.11. The molecule has 27 nitrogen and oxygen atoms in total. The van der Waals surface area contributed by atoms with Gasteiger partial charge in [0.25, 0.3) is 0 Å². The number of rotatable bonds is 25. The molecule has 17 aromatic rings. The van der Waals surface area contributed by atoms with Crippen LogP contribution in [0.2, 0.25) is 0 Å². The van der Waals surface area contributed by atoms with Crippen molar-refractivity contribution < 1.29 is 132 Å². The van der Waals surface area contributed by atoms with Gasteiger partial charge in [0, 0.05) is 93.0 Å². The number of carbonyl (C=O) groups excluding carboxylic acids is 8. The van der Waals surface area contributed by atoms with Crippen LogP contribution in [-0.4, -0.2) is 160 Å². The number of aromatic carboxylic acids is 1. The first-order valence-electron chi connectivity index (χ1n) is 44.2. The fraction of sp³-hybridized carbons (Fsp3) is 0.0672. The van der Waals surface area contributed by atoms with Crippen molar-refractivity contribution >= 4 is 52.2 Å². The van der Waals surface area contributed by atoms with Gasteiger partial charge in [-0.25, -0.2) is 4.79 Å². The van der Waals surface area contributed by atoms with E-state index in [1.165, 1.54) is 118 Å². The molecular formula is C119H102O27. The summed E-state index contributed by atoms with van der Waals surface area (Å²) in [6, 6.07) is 114. The van der Waals surface area contributed by atoms with Crippen molar-refractivity contribution in [1.82, 2.24) is 0 Å². The van der Waals surface area contributed by atoms with E-state index < -0.39 is 5.97 Å². The number of benzene rings is 17. The maximum atomic E-state index is 12.1. The van der Waals surface area contributed by atoms with Crippen LogP contribution in [0.25, 0.3) is 0 Å². The Labute approximate surface area is 841 Å². The van der Waals surface area contributed by atoms with E-state index in [1.54, 1.807) is 303 Å². The molecule has 0 fully saturated rings. The Morgan fingerprint density at radius 3 is 0.356 bits per heavy atom. The number of carboxylic acid groups (broad SMARTS) is 1. The van der Waals surface area contributed by atoms with Crippen molar-refractivity contribution in [3.8, 4) is 97.7 Å². The fourth-order valence-corrected chi connectivity index (χ4v) is 13.3. The Morgan fingerprint density at radius 2 is 0.260 bits per heavy atom. The van der Waals surface area contributed by atoms with Gasteiger partial charge in [0.05, 0.1) is 101 Å². The molecule has 0 unspecified atom stereocenters. The molecule has 17 rings (SSSR count). The van der Waals surface area contributed by atoms with Crippen LogP contribution in [0.1, 0.15) is 138 Å². The van der Waals surface area contributed by atoms with Crippen LogP contribution in [0.5, 0.6) is 97.7 Å². The molecule has 0 bridgehead atoms. The van der Waals surface area contributed by atoms with Gasteiger partial charge in [-0.1, -0.05) is 255 Å². The van der Waals surface area contributed by atoms with Crippen molar-refractivity contribution in [3.63, 3.8) is 0 Å².